The van der Waals surface area contributed by atoms with Crippen LogP contribution < -0.4 is 9.47 Å². The summed E-state index contributed by atoms with van der Waals surface area (Å²) in [7, 11) is 0. The number of benzene rings is 2. The highest BCUT2D eigenvalue weighted by Gasteiger charge is 2.45. The maximum absolute atomic E-state index is 13.3. The molecule has 37 heavy (non-hydrogen) atoms. The SMILES string of the molecule is C=CCOc1ccc([C@@H]2C(=C(O)c3ccc4c(c3)C[C@@H](C)O4)C(=O)C(=O)N2CCCn2ccnc2)cc1. The van der Waals surface area contributed by atoms with Crippen molar-refractivity contribution in [2.24, 2.45) is 0 Å². The van der Waals surface area contributed by atoms with E-state index in [4.69, 9.17) is 9.47 Å². The number of aliphatic hydroxyl groups is 1. The fraction of sp³-hybridized carbons (Fsp3) is 0.276. The van der Waals surface area contributed by atoms with E-state index < -0.39 is 17.7 Å². The van der Waals surface area contributed by atoms with Crippen molar-refractivity contribution in [3.63, 3.8) is 0 Å². The molecule has 2 aromatic carbocycles. The Labute approximate surface area is 215 Å². The Morgan fingerprint density at radius 3 is 2.76 bits per heavy atom. The number of aryl methyl sites for hydroxylation is 1. The maximum Gasteiger partial charge on any atom is 0.295 e. The highest BCUT2D eigenvalue weighted by Crippen LogP contribution is 2.41. The summed E-state index contributed by atoms with van der Waals surface area (Å²) in [5, 5.41) is 11.4. The first kappa shape index (κ1) is 24.4. The number of fused-ring (bicyclic) bond motifs is 1. The van der Waals surface area contributed by atoms with Gasteiger partial charge in [-0.15, -0.1) is 0 Å². The molecule has 0 radical (unpaired) electrons. The van der Waals surface area contributed by atoms with Crippen LogP contribution in [0.1, 0.15) is 36.1 Å². The highest BCUT2D eigenvalue weighted by molar-refractivity contribution is 6.46. The average Bonchev–Trinajstić information content (AvgIpc) is 3.61. The van der Waals surface area contributed by atoms with Gasteiger partial charge in [-0.3, -0.25) is 9.59 Å². The summed E-state index contributed by atoms with van der Waals surface area (Å²) in [6.07, 6.45) is 8.31. The molecule has 1 N–H and O–H groups in total. The lowest BCUT2D eigenvalue weighted by molar-refractivity contribution is -0.139. The molecule has 2 aliphatic heterocycles. The second-order valence-electron chi connectivity index (χ2n) is 9.27. The van der Waals surface area contributed by atoms with E-state index in [9.17, 15) is 14.7 Å². The summed E-state index contributed by atoms with van der Waals surface area (Å²) >= 11 is 0. The predicted molar refractivity (Wildman–Crippen MR) is 138 cm³/mol. The van der Waals surface area contributed by atoms with Gasteiger partial charge in [0.25, 0.3) is 11.7 Å². The number of Topliss-reactive ketones (excluding diaryl/α,β-unsaturated/α-hetero) is 1. The molecule has 3 heterocycles. The summed E-state index contributed by atoms with van der Waals surface area (Å²) in [6.45, 7) is 7.00. The number of aliphatic hydroxyl groups excluding tert-OH is 1. The van der Waals surface area contributed by atoms with Crippen molar-refractivity contribution >= 4 is 17.4 Å². The Balaban J connectivity index is 1.51. The number of ketones is 1. The quantitative estimate of drug-likeness (QED) is 0.204. The molecule has 0 unspecified atom stereocenters. The number of rotatable bonds is 9. The standard InChI is InChI=1S/C29H29N3O5/c1-3-15-36-23-8-5-20(6-9-23)26-25(27(33)21-7-10-24-22(17-21)16-19(2)37-24)28(34)29(35)32(26)13-4-12-31-14-11-30-18-31/h3,5-11,14,17-19,26,33H,1,4,12-13,15-16H2,2H3/t19-,26-/m1/s1. The van der Waals surface area contributed by atoms with Gasteiger partial charge in [0.05, 0.1) is 17.9 Å². The molecule has 8 nitrogen and oxygen atoms in total. The van der Waals surface area contributed by atoms with Crippen molar-refractivity contribution in [2.45, 2.75) is 38.5 Å². The molecular weight excluding hydrogens is 470 g/mol. The first-order chi connectivity index (χ1) is 18.0. The summed E-state index contributed by atoms with van der Waals surface area (Å²) < 4.78 is 13.3. The number of aromatic nitrogens is 2. The molecular formula is C29H29N3O5. The molecule has 0 aliphatic carbocycles. The lowest BCUT2D eigenvalue weighted by Gasteiger charge is -2.25. The first-order valence-electron chi connectivity index (χ1n) is 12.3. The summed E-state index contributed by atoms with van der Waals surface area (Å²) in [4.78, 5) is 32.1. The molecule has 5 rings (SSSR count). The average molecular weight is 500 g/mol. The topological polar surface area (TPSA) is 93.9 Å². The van der Waals surface area contributed by atoms with Gasteiger partial charge < -0.3 is 24.0 Å². The highest BCUT2D eigenvalue weighted by atomic mass is 16.5. The van der Waals surface area contributed by atoms with Crippen LogP contribution in [0.3, 0.4) is 0 Å². The van der Waals surface area contributed by atoms with Crippen molar-refractivity contribution in [3.05, 3.63) is 96.1 Å². The molecule has 2 aliphatic rings. The Bertz CT molecular complexity index is 1340. The van der Waals surface area contributed by atoms with Gasteiger partial charge in [0.2, 0.25) is 0 Å². The summed E-state index contributed by atoms with van der Waals surface area (Å²) in [6, 6.07) is 11.9. The smallest absolute Gasteiger partial charge is 0.295 e. The number of nitrogens with zero attached hydrogens (tertiary/aromatic N) is 3. The Kier molecular flexibility index (Phi) is 6.81. The maximum atomic E-state index is 13.3. The second-order valence-corrected chi connectivity index (χ2v) is 9.27. The van der Waals surface area contributed by atoms with Gasteiger partial charge in [-0.25, -0.2) is 4.98 Å². The van der Waals surface area contributed by atoms with E-state index in [-0.39, 0.29) is 17.4 Å². The summed E-state index contributed by atoms with van der Waals surface area (Å²) in [5.74, 6) is -0.0802. The van der Waals surface area contributed by atoms with Gasteiger partial charge in [0.15, 0.2) is 0 Å². The molecule has 1 fully saturated rings. The molecule has 3 aromatic rings. The van der Waals surface area contributed by atoms with Gasteiger partial charge in [0.1, 0.15) is 30.0 Å². The molecule has 0 spiro atoms. The second kappa shape index (κ2) is 10.3. The van der Waals surface area contributed by atoms with Gasteiger partial charge >= 0.3 is 0 Å². The largest absolute Gasteiger partial charge is 0.507 e. The third-order valence-electron chi connectivity index (χ3n) is 6.65. The zero-order chi connectivity index (χ0) is 25.9. The molecule has 1 aromatic heterocycles. The van der Waals surface area contributed by atoms with E-state index >= 15 is 0 Å². The van der Waals surface area contributed by atoms with Crippen LogP contribution in [0, 0.1) is 0 Å². The van der Waals surface area contributed by atoms with Gasteiger partial charge in [-0.1, -0.05) is 24.8 Å². The lowest BCUT2D eigenvalue weighted by atomic mass is 9.94. The fourth-order valence-electron chi connectivity index (χ4n) is 4.93. The van der Waals surface area contributed by atoms with Crippen molar-refractivity contribution in [3.8, 4) is 11.5 Å². The zero-order valence-corrected chi connectivity index (χ0v) is 20.7. The summed E-state index contributed by atoms with van der Waals surface area (Å²) in [5.41, 5.74) is 2.25. The van der Waals surface area contributed by atoms with Crippen LogP contribution in [0.5, 0.6) is 11.5 Å². The third-order valence-corrected chi connectivity index (χ3v) is 6.65. The monoisotopic (exact) mass is 499 g/mol. The number of ether oxygens (including phenoxy) is 2. The van der Waals surface area contributed by atoms with Crippen LogP contribution in [-0.2, 0) is 22.6 Å². The van der Waals surface area contributed by atoms with E-state index in [1.807, 2.05) is 35.9 Å². The van der Waals surface area contributed by atoms with E-state index in [2.05, 4.69) is 11.6 Å². The van der Waals surface area contributed by atoms with Crippen LogP contribution in [0.25, 0.3) is 5.76 Å². The van der Waals surface area contributed by atoms with Crippen LogP contribution in [-0.4, -0.2) is 50.5 Å². The molecule has 1 amide bonds. The number of carbonyl (C=O) groups is 2. The number of hydrogen-bond donors (Lipinski definition) is 1. The van der Waals surface area contributed by atoms with Crippen LogP contribution >= 0.6 is 0 Å². The van der Waals surface area contributed by atoms with Crippen molar-refractivity contribution in [1.29, 1.82) is 0 Å². The van der Waals surface area contributed by atoms with E-state index in [0.717, 1.165) is 11.3 Å². The number of likely N-dealkylation sites (tertiary alicyclic amines) is 1. The van der Waals surface area contributed by atoms with Crippen molar-refractivity contribution in [2.75, 3.05) is 13.2 Å². The van der Waals surface area contributed by atoms with Crippen molar-refractivity contribution in [1.82, 2.24) is 14.5 Å². The normalized spacial score (nSPS) is 20.1. The Morgan fingerprint density at radius 1 is 1.22 bits per heavy atom. The fourth-order valence-corrected chi connectivity index (χ4v) is 4.93. The van der Waals surface area contributed by atoms with Gasteiger partial charge in [-0.2, -0.15) is 0 Å². The molecule has 8 heteroatoms. The number of amides is 1. The molecule has 0 saturated carbocycles. The Hall–Kier alpha value is -4.33. The van der Waals surface area contributed by atoms with Gasteiger partial charge in [-0.05, 0) is 54.8 Å². The minimum Gasteiger partial charge on any atom is -0.507 e. The van der Waals surface area contributed by atoms with E-state index in [1.54, 1.807) is 47.8 Å². The van der Waals surface area contributed by atoms with Crippen LogP contribution in [0.15, 0.2) is 79.4 Å². The number of hydrogen-bond acceptors (Lipinski definition) is 6. The minimum absolute atomic E-state index is 0.0512. The minimum atomic E-state index is -0.723. The molecule has 190 valence electrons. The van der Waals surface area contributed by atoms with Crippen LogP contribution in [0.4, 0.5) is 0 Å². The lowest BCUT2D eigenvalue weighted by Crippen LogP contribution is -2.31. The number of carbonyl (C=O) groups excluding carboxylic acids is 2. The van der Waals surface area contributed by atoms with Crippen LogP contribution in [0.2, 0.25) is 0 Å². The molecule has 1 saturated heterocycles. The van der Waals surface area contributed by atoms with Gasteiger partial charge in [0, 0.05) is 37.5 Å². The first-order valence-corrected chi connectivity index (χ1v) is 12.3. The number of imidazole rings is 1. The van der Waals surface area contributed by atoms with E-state index in [1.165, 1.54) is 0 Å². The molecule has 2 atom stereocenters. The van der Waals surface area contributed by atoms with Crippen molar-refractivity contribution < 1.29 is 24.2 Å². The Morgan fingerprint density at radius 2 is 2.03 bits per heavy atom. The third kappa shape index (κ3) is 4.87. The molecule has 0 bridgehead atoms. The van der Waals surface area contributed by atoms with E-state index in [0.29, 0.717) is 49.4 Å². The predicted octanol–water partition coefficient (Wildman–Crippen LogP) is 4.28. The zero-order valence-electron chi connectivity index (χ0n) is 20.7.